The Morgan fingerprint density at radius 1 is 0.481 bits per heavy atom. The number of ether oxygens (including phenoxy) is 4. The summed E-state index contributed by atoms with van der Waals surface area (Å²) in [6.45, 7) is 29.0. The number of fused-ring (bicyclic) bond motifs is 4. The van der Waals surface area contributed by atoms with Crippen LogP contribution in [-0.4, -0.2) is 211 Å². The number of nitrogens with one attached hydrogen (secondary N) is 4. The van der Waals surface area contributed by atoms with E-state index in [1.165, 1.54) is 115 Å². The number of phosphoric acid groups is 3. The summed E-state index contributed by atoms with van der Waals surface area (Å²) < 4.78 is 105. The van der Waals surface area contributed by atoms with Crippen LogP contribution in [0.3, 0.4) is 0 Å². The molecule has 9 aromatic rings. The van der Waals surface area contributed by atoms with Crippen LogP contribution < -0.4 is 52.1 Å². The zero-order chi connectivity index (χ0) is 76.3. The van der Waals surface area contributed by atoms with Gasteiger partial charge in [-0.15, -0.1) is 0 Å². The Bertz CT molecular complexity index is 4410. The van der Waals surface area contributed by atoms with E-state index in [-0.39, 0.29) is 89.0 Å². The van der Waals surface area contributed by atoms with E-state index in [1.807, 2.05) is 30.3 Å². The van der Waals surface area contributed by atoms with Crippen molar-refractivity contribution in [2.75, 3.05) is 109 Å². The van der Waals surface area contributed by atoms with Gasteiger partial charge in [-0.1, -0.05) is 30.3 Å². The van der Waals surface area contributed by atoms with Crippen molar-refractivity contribution < 1.29 is 94.3 Å². The zero-order valence-electron chi connectivity index (χ0n) is 60.8. The molecule has 40 nitrogen and oxygen atoms in total. The number of nitrogen functional groups attached to an aromatic ring is 3. The van der Waals surface area contributed by atoms with E-state index in [4.69, 9.17) is 68.7 Å². The number of phosphoric ester groups is 3. The van der Waals surface area contributed by atoms with Gasteiger partial charge in [0, 0.05) is 19.3 Å². The number of quaternary nitrogens is 3. The van der Waals surface area contributed by atoms with E-state index < -0.39 is 105 Å². The average Bonchev–Trinajstić information content (AvgIpc) is 1.61. The van der Waals surface area contributed by atoms with Crippen LogP contribution in [0.4, 0.5) is 17.5 Å². The Morgan fingerprint density at radius 3 is 1.27 bits per heavy atom. The molecule has 3 aliphatic rings. The SMILES string of the molecule is CC[NH+](CC)CC.CC[NH+](CC)CC.CC[NH+](CC)CC.N=c1c2ncn([C@@H]3O[C@H](CO)C[C@H]3OP(=O)([O-])OC[C@@H]3C[C@@H](OP(=O)([O-])OC[C@@H]4C[C@@H](OP(=O)([O-])OCCOCn5cnc6c(N)ncnc65)[C@H](n5cnc6c(N)ncnc65)O4)[C@H](n4cnc5c(N)ncnc54)O3)c2ncn1Cc1ccccc1. The van der Waals surface area contributed by atoms with E-state index in [2.05, 4.69) is 117 Å². The number of nitrogens with two attached hydrogens (primary N) is 3. The summed E-state index contributed by atoms with van der Waals surface area (Å²) in [6.07, 6.45) is -1.98. The monoisotopic (exact) mass is 1540 g/mol. The Labute approximate surface area is 611 Å². The van der Waals surface area contributed by atoms with Crippen LogP contribution in [0.25, 0.3) is 44.7 Å². The number of aliphatic hydroxyl groups is 1. The summed E-state index contributed by atoms with van der Waals surface area (Å²) >= 11 is 0. The third kappa shape index (κ3) is 21.3. The molecule has 0 radical (unpaired) electrons. The molecule has 43 heteroatoms. The van der Waals surface area contributed by atoms with Crippen LogP contribution in [0, 0.1) is 5.41 Å². The summed E-state index contributed by atoms with van der Waals surface area (Å²) in [5, 5.41) is 18.9. The van der Waals surface area contributed by atoms with Crippen LogP contribution in [0.1, 0.15) is 106 Å². The maximum atomic E-state index is 13.9. The van der Waals surface area contributed by atoms with Gasteiger partial charge in [0.25, 0.3) is 23.5 Å². The Balaban J connectivity index is 0.000000542. The number of rotatable bonds is 33. The molecule has 11 N–H and O–H groups in total. The van der Waals surface area contributed by atoms with Crippen molar-refractivity contribution in [1.82, 2.24) is 77.7 Å². The highest BCUT2D eigenvalue weighted by Gasteiger charge is 2.45. The summed E-state index contributed by atoms with van der Waals surface area (Å²) in [7, 11) is -15.9. The second-order valence-corrected chi connectivity index (χ2v) is 28.9. The first kappa shape index (κ1) is 82.7. The van der Waals surface area contributed by atoms with Crippen LogP contribution in [0.5, 0.6) is 0 Å². The average molecular weight is 1540 g/mol. The second-order valence-electron chi connectivity index (χ2n) is 24.8. The topological polar surface area (TPSA) is 515 Å². The van der Waals surface area contributed by atoms with Gasteiger partial charge < -0.3 is 102 Å². The number of hydrogen-bond donors (Lipinski definition) is 8. The third-order valence-corrected chi connectivity index (χ3v) is 21.3. The van der Waals surface area contributed by atoms with Crippen molar-refractivity contribution in [1.29, 1.82) is 5.41 Å². The van der Waals surface area contributed by atoms with Crippen LogP contribution in [-0.2, 0) is 73.1 Å². The second kappa shape index (κ2) is 38.6. The number of aromatic nitrogens is 16. The summed E-state index contributed by atoms with van der Waals surface area (Å²) in [5.74, 6) is 0.144. The van der Waals surface area contributed by atoms with E-state index in [0.717, 1.165) is 18.2 Å². The lowest BCUT2D eigenvalue weighted by molar-refractivity contribution is -0.894. The maximum Gasteiger partial charge on any atom is 0.268 e. The molecular formula is C63H98N23O17P3. The highest BCUT2D eigenvalue weighted by Crippen LogP contribution is 2.51. The molecule has 12 rings (SSSR count). The molecule has 0 amide bonds. The lowest BCUT2D eigenvalue weighted by Crippen LogP contribution is -3.11. The van der Waals surface area contributed by atoms with Gasteiger partial charge in [-0.25, -0.2) is 54.8 Å². The minimum absolute atomic E-state index is 0.000333. The summed E-state index contributed by atoms with van der Waals surface area (Å²) in [5.41, 5.74) is 20.5. The van der Waals surface area contributed by atoms with Crippen molar-refractivity contribution in [3.8, 4) is 0 Å². The predicted octanol–water partition coefficient (Wildman–Crippen LogP) is -0.741. The Morgan fingerprint density at radius 2 is 0.849 bits per heavy atom. The Kier molecular flexibility index (Phi) is 30.1. The molecule has 582 valence electrons. The number of imidazole rings is 4. The van der Waals surface area contributed by atoms with Gasteiger partial charge in [-0.3, -0.25) is 37.4 Å². The lowest BCUT2D eigenvalue weighted by Gasteiger charge is -2.29. The fourth-order valence-corrected chi connectivity index (χ4v) is 15.0. The summed E-state index contributed by atoms with van der Waals surface area (Å²) in [4.78, 5) is 91.9. The standard InChI is InChI=1S/C45H53N20O17P3.3C6H15N/c46-35-31-39(53-15-50-35)62(18-56-31)23-73-6-7-74-83(67,68)80-29-9-26(78-44(29)63-20-57-32-36(47)51-16-54-40(32)63)13-76-85(71,72)82-30-10-27(79-45(30)64-21-58-33-37(48)52-17-55-41(33)64)14-75-84(69,70)81-28-8-25(12-66)77-43(28)65-22-59-34-38(49)61(19-60-42(34)65)11-24-4-2-1-3-5-24;3*1-4-7(5-2)6-3/h1-5,15-22,25-30,43-45,49,66H,6-14,23H2,(H,67,68)(H,69,70)(H,71,72)(H2,46,50,53)(H2,47,51,54)(H2,48,52,55);3*4-6H2,1-3H3/t25-,26-,27-,28+,29+,30+,43+,44+,45+;;;/m0.../s1. The van der Waals surface area contributed by atoms with Gasteiger partial charge in [-0.05, 0) is 67.9 Å². The van der Waals surface area contributed by atoms with Gasteiger partial charge in [0.05, 0.1) is 148 Å². The quantitative estimate of drug-likeness (QED) is 0.0185. The minimum Gasteiger partial charge on any atom is -0.756 e. The van der Waals surface area contributed by atoms with E-state index in [9.17, 15) is 33.5 Å². The molecule has 3 unspecified atom stereocenters. The van der Waals surface area contributed by atoms with Crippen molar-refractivity contribution in [2.45, 2.75) is 150 Å². The molecule has 0 bridgehead atoms. The van der Waals surface area contributed by atoms with Crippen molar-refractivity contribution >= 4 is 85.6 Å². The van der Waals surface area contributed by atoms with E-state index in [0.29, 0.717) is 17.7 Å². The number of anilines is 3. The van der Waals surface area contributed by atoms with E-state index >= 15 is 0 Å². The van der Waals surface area contributed by atoms with Crippen LogP contribution in [0.15, 0.2) is 81.0 Å². The molecule has 106 heavy (non-hydrogen) atoms. The normalized spacial score (nSPS) is 22.0. The molecule has 3 fully saturated rings. The fourth-order valence-electron chi connectivity index (χ4n) is 12.2. The number of aliphatic hydroxyl groups excluding tert-OH is 1. The minimum atomic E-state index is -5.44. The number of nitrogens with zero attached hydrogens (tertiary/aromatic N) is 16. The van der Waals surface area contributed by atoms with Gasteiger partial charge in [0.15, 0.2) is 64.2 Å². The fraction of sp³-hybridized carbons (Fsp3) is 0.587. The smallest absolute Gasteiger partial charge is 0.268 e. The first-order valence-electron chi connectivity index (χ1n) is 35.3. The molecule has 3 saturated heterocycles. The highest BCUT2D eigenvalue weighted by molar-refractivity contribution is 7.46. The molecule has 0 aliphatic carbocycles. The van der Waals surface area contributed by atoms with Gasteiger partial charge in [-0.2, -0.15) is 0 Å². The molecule has 1 aromatic carbocycles. The van der Waals surface area contributed by atoms with Crippen molar-refractivity contribution in [3.05, 3.63) is 92.0 Å². The molecule has 0 spiro atoms. The number of benzene rings is 1. The Hall–Kier alpha value is -7.37. The van der Waals surface area contributed by atoms with Crippen LogP contribution in [0.2, 0.25) is 0 Å². The zero-order valence-corrected chi connectivity index (χ0v) is 63.5. The van der Waals surface area contributed by atoms with Gasteiger partial charge >= 0.3 is 0 Å². The first-order chi connectivity index (χ1) is 50.9. The molecule has 3 aliphatic heterocycles. The number of hydrogen-bond acceptors (Lipinski definition) is 32. The largest absolute Gasteiger partial charge is 0.756 e. The van der Waals surface area contributed by atoms with Crippen molar-refractivity contribution in [3.63, 3.8) is 0 Å². The van der Waals surface area contributed by atoms with Gasteiger partial charge in [0.1, 0.15) is 66.1 Å². The molecule has 8 aromatic heterocycles. The molecular weight excluding hydrogens is 1440 g/mol. The third-order valence-electron chi connectivity index (χ3n) is 18.3. The highest BCUT2D eigenvalue weighted by atomic mass is 31.2. The molecule has 12 atom stereocenters. The molecule has 11 heterocycles. The maximum absolute atomic E-state index is 13.9. The van der Waals surface area contributed by atoms with Gasteiger partial charge in [0.2, 0.25) is 0 Å². The lowest BCUT2D eigenvalue weighted by atomic mass is 10.2. The summed E-state index contributed by atoms with van der Waals surface area (Å²) in [6, 6.07) is 9.42. The molecule has 0 saturated carbocycles. The van der Waals surface area contributed by atoms with Crippen molar-refractivity contribution in [2.24, 2.45) is 0 Å². The van der Waals surface area contributed by atoms with E-state index in [1.54, 1.807) is 19.3 Å². The predicted molar refractivity (Wildman–Crippen MR) is 378 cm³/mol. The van der Waals surface area contributed by atoms with Crippen LogP contribution >= 0.6 is 23.5 Å². The first-order valence-corrected chi connectivity index (χ1v) is 39.7.